The Kier molecular flexibility index (Phi) is 5.06. The van der Waals surface area contributed by atoms with Gasteiger partial charge in [-0.2, -0.15) is 0 Å². The zero-order valence-electron chi connectivity index (χ0n) is 11.8. The third-order valence-corrected chi connectivity index (χ3v) is 4.13. The number of thioether (sulfide) groups is 1. The van der Waals surface area contributed by atoms with Crippen LogP contribution in [0, 0.1) is 6.92 Å². The molecule has 0 saturated carbocycles. The van der Waals surface area contributed by atoms with E-state index in [0.717, 1.165) is 6.42 Å². The van der Waals surface area contributed by atoms with E-state index in [1.54, 1.807) is 11.8 Å². The zero-order valence-corrected chi connectivity index (χ0v) is 12.6. The molecule has 0 saturated heterocycles. The lowest BCUT2D eigenvalue weighted by atomic mass is 9.98. The van der Waals surface area contributed by atoms with Crippen LogP contribution in [0.5, 0.6) is 0 Å². The van der Waals surface area contributed by atoms with Gasteiger partial charge in [-0.15, -0.1) is 11.8 Å². The van der Waals surface area contributed by atoms with Crippen molar-refractivity contribution in [1.82, 2.24) is 5.32 Å². The standard InChI is InChI=1S/C17H21NS/c1-13-5-4-6-14(11-13)12-17(18-2)15-7-9-16(19-3)10-8-15/h4-11,17-18H,12H2,1-3H3. The molecule has 100 valence electrons. The summed E-state index contributed by atoms with van der Waals surface area (Å²) in [5.41, 5.74) is 4.06. The molecule has 1 atom stereocenters. The molecule has 1 nitrogen and oxygen atoms in total. The van der Waals surface area contributed by atoms with E-state index >= 15 is 0 Å². The molecule has 0 aliphatic carbocycles. The number of benzene rings is 2. The first kappa shape index (κ1) is 14.2. The van der Waals surface area contributed by atoms with Crippen molar-refractivity contribution in [2.45, 2.75) is 24.3 Å². The Labute approximate surface area is 120 Å². The molecule has 2 aromatic carbocycles. The van der Waals surface area contributed by atoms with Crippen molar-refractivity contribution < 1.29 is 0 Å². The fraction of sp³-hybridized carbons (Fsp3) is 0.294. The predicted molar refractivity (Wildman–Crippen MR) is 84.9 cm³/mol. The van der Waals surface area contributed by atoms with Gasteiger partial charge in [-0.25, -0.2) is 0 Å². The largest absolute Gasteiger partial charge is 0.313 e. The van der Waals surface area contributed by atoms with Gasteiger partial charge in [-0.05, 0) is 49.9 Å². The van der Waals surface area contributed by atoms with Crippen molar-refractivity contribution in [3.63, 3.8) is 0 Å². The number of hydrogen-bond donors (Lipinski definition) is 1. The summed E-state index contributed by atoms with van der Waals surface area (Å²) in [6, 6.07) is 18.0. The Hall–Kier alpha value is -1.25. The number of hydrogen-bond acceptors (Lipinski definition) is 2. The van der Waals surface area contributed by atoms with E-state index in [0.29, 0.717) is 6.04 Å². The van der Waals surface area contributed by atoms with Gasteiger partial charge in [0, 0.05) is 10.9 Å². The molecular formula is C17H21NS. The topological polar surface area (TPSA) is 12.0 Å². The maximum atomic E-state index is 3.42. The van der Waals surface area contributed by atoms with Crippen LogP contribution < -0.4 is 5.32 Å². The van der Waals surface area contributed by atoms with Crippen LogP contribution in [0.25, 0.3) is 0 Å². The number of rotatable bonds is 5. The molecule has 0 radical (unpaired) electrons. The van der Waals surface area contributed by atoms with E-state index in [9.17, 15) is 0 Å². The lowest BCUT2D eigenvalue weighted by Gasteiger charge is -2.17. The summed E-state index contributed by atoms with van der Waals surface area (Å²) in [5, 5.41) is 3.42. The average Bonchev–Trinajstić information content (AvgIpc) is 2.45. The van der Waals surface area contributed by atoms with E-state index < -0.39 is 0 Å². The molecule has 0 spiro atoms. The summed E-state index contributed by atoms with van der Waals surface area (Å²) in [5.74, 6) is 0. The highest BCUT2D eigenvalue weighted by Gasteiger charge is 2.10. The van der Waals surface area contributed by atoms with Gasteiger partial charge in [0.15, 0.2) is 0 Å². The van der Waals surface area contributed by atoms with Crippen molar-refractivity contribution in [2.75, 3.05) is 13.3 Å². The van der Waals surface area contributed by atoms with Crippen LogP contribution in [0.4, 0.5) is 0 Å². The second-order valence-corrected chi connectivity index (χ2v) is 5.69. The minimum absolute atomic E-state index is 0.373. The lowest BCUT2D eigenvalue weighted by molar-refractivity contribution is 0.591. The molecule has 0 fully saturated rings. The highest BCUT2D eigenvalue weighted by molar-refractivity contribution is 7.98. The highest BCUT2D eigenvalue weighted by atomic mass is 32.2. The van der Waals surface area contributed by atoms with Crippen LogP contribution in [0.1, 0.15) is 22.7 Å². The summed E-state index contributed by atoms with van der Waals surface area (Å²) < 4.78 is 0. The van der Waals surface area contributed by atoms with Gasteiger partial charge in [0.1, 0.15) is 0 Å². The minimum Gasteiger partial charge on any atom is -0.313 e. The van der Waals surface area contributed by atoms with Crippen molar-refractivity contribution in [1.29, 1.82) is 0 Å². The van der Waals surface area contributed by atoms with Crippen molar-refractivity contribution >= 4 is 11.8 Å². The summed E-state index contributed by atoms with van der Waals surface area (Å²) in [6.07, 6.45) is 3.13. The van der Waals surface area contributed by atoms with Crippen molar-refractivity contribution in [3.05, 3.63) is 65.2 Å². The molecular weight excluding hydrogens is 250 g/mol. The molecule has 0 heterocycles. The Morgan fingerprint density at radius 1 is 1.11 bits per heavy atom. The zero-order chi connectivity index (χ0) is 13.7. The third kappa shape index (κ3) is 3.85. The summed E-state index contributed by atoms with van der Waals surface area (Å²) >= 11 is 1.78. The first-order valence-corrected chi connectivity index (χ1v) is 7.82. The molecule has 1 N–H and O–H groups in total. The van der Waals surface area contributed by atoms with Gasteiger partial charge in [-0.3, -0.25) is 0 Å². The van der Waals surface area contributed by atoms with Crippen LogP contribution in [-0.2, 0) is 6.42 Å². The van der Waals surface area contributed by atoms with Crippen molar-refractivity contribution in [2.24, 2.45) is 0 Å². The number of likely N-dealkylation sites (N-methyl/N-ethyl adjacent to an activating group) is 1. The van der Waals surface area contributed by atoms with E-state index in [1.807, 2.05) is 7.05 Å². The van der Waals surface area contributed by atoms with E-state index in [-0.39, 0.29) is 0 Å². The lowest BCUT2D eigenvalue weighted by Crippen LogP contribution is -2.18. The molecule has 0 aromatic heterocycles. The van der Waals surface area contributed by atoms with Crippen LogP contribution in [-0.4, -0.2) is 13.3 Å². The third-order valence-electron chi connectivity index (χ3n) is 3.39. The Morgan fingerprint density at radius 2 is 1.84 bits per heavy atom. The van der Waals surface area contributed by atoms with Gasteiger partial charge in [-0.1, -0.05) is 42.0 Å². The average molecular weight is 271 g/mol. The Morgan fingerprint density at radius 3 is 2.42 bits per heavy atom. The molecule has 2 heteroatoms. The predicted octanol–water partition coefficient (Wildman–Crippen LogP) is 4.22. The summed E-state index contributed by atoms with van der Waals surface area (Å²) in [7, 11) is 2.03. The first-order chi connectivity index (χ1) is 9.22. The summed E-state index contributed by atoms with van der Waals surface area (Å²) in [4.78, 5) is 1.31. The minimum atomic E-state index is 0.373. The van der Waals surface area contributed by atoms with Crippen LogP contribution in [0.15, 0.2) is 53.4 Å². The maximum absolute atomic E-state index is 3.42. The molecule has 0 aliphatic heterocycles. The van der Waals surface area contributed by atoms with Crippen molar-refractivity contribution in [3.8, 4) is 0 Å². The molecule has 0 aliphatic rings. The highest BCUT2D eigenvalue weighted by Crippen LogP contribution is 2.22. The van der Waals surface area contributed by atoms with Crippen LogP contribution in [0.3, 0.4) is 0 Å². The monoisotopic (exact) mass is 271 g/mol. The smallest absolute Gasteiger partial charge is 0.0358 e. The van der Waals surface area contributed by atoms with E-state index in [2.05, 4.69) is 67.0 Å². The molecule has 0 amide bonds. The Balaban J connectivity index is 2.15. The normalized spacial score (nSPS) is 12.4. The first-order valence-electron chi connectivity index (χ1n) is 6.59. The second kappa shape index (κ2) is 6.78. The van der Waals surface area contributed by atoms with Gasteiger partial charge < -0.3 is 5.32 Å². The van der Waals surface area contributed by atoms with E-state index in [1.165, 1.54) is 21.6 Å². The van der Waals surface area contributed by atoms with Crippen LogP contribution in [0.2, 0.25) is 0 Å². The summed E-state index contributed by atoms with van der Waals surface area (Å²) in [6.45, 7) is 2.14. The maximum Gasteiger partial charge on any atom is 0.0358 e. The molecule has 0 bridgehead atoms. The number of aryl methyl sites for hydroxylation is 1. The van der Waals surface area contributed by atoms with Gasteiger partial charge >= 0.3 is 0 Å². The van der Waals surface area contributed by atoms with E-state index in [4.69, 9.17) is 0 Å². The molecule has 2 aromatic rings. The second-order valence-electron chi connectivity index (χ2n) is 4.81. The number of nitrogens with one attached hydrogen (secondary N) is 1. The fourth-order valence-electron chi connectivity index (χ4n) is 2.30. The quantitative estimate of drug-likeness (QED) is 0.817. The van der Waals surface area contributed by atoms with Gasteiger partial charge in [0.05, 0.1) is 0 Å². The fourth-order valence-corrected chi connectivity index (χ4v) is 2.71. The van der Waals surface area contributed by atoms with Gasteiger partial charge in [0.25, 0.3) is 0 Å². The molecule has 2 rings (SSSR count). The van der Waals surface area contributed by atoms with Crippen LogP contribution >= 0.6 is 11.8 Å². The molecule has 1 unspecified atom stereocenters. The Bertz CT molecular complexity index is 519. The SMILES string of the molecule is CNC(Cc1cccc(C)c1)c1ccc(SC)cc1. The van der Waals surface area contributed by atoms with Gasteiger partial charge in [0.2, 0.25) is 0 Å². The molecule has 19 heavy (non-hydrogen) atoms.